The van der Waals surface area contributed by atoms with Crippen LogP contribution in [0.15, 0.2) is 48.5 Å². The molecule has 0 spiro atoms. The van der Waals surface area contributed by atoms with Gasteiger partial charge in [-0.3, -0.25) is 0 Å². The number of hydrogen-bond acceptors (Lipinski definition) is 3. The molecule has 4 rings (SSSR count). The van der Waals surface area contributed by atoms with E-state index >= 15 is 0 Å². The zero-order valence-electron chi connectivity index (χ0n) is 13.0. The summed E-state index contributed by atoms with van der Waals surface area (Å²) < 4.78 is 19.3. The fraction of sp³-hybridized carbons (Fsp3) is 0.368. The van der Waals surface area contributed by atoms with Crippen molar-refractivity contribution in [2.45, 2.75) is 31.4 Å². The third-order valence-electron chi connectivity index (χ3n) is 5.08. The molecule has 120 valence electrons. The molecule has 1 aliphatic carbocycles. The SMILES string of the molecule is Nc1ccc(OC2CCC3CC2CN3c2ccc(F)cc2)cc1. The van der Waals surface area contributed by atoms with Gasteiger partial charge in [-0.15, -0.1) is 0 Å². The van der Waals surface area contributed by atoms with E-state index in [1.807, 2.05) is 36.4 Å². The number of nitrogen functional groups attached to an aromatic ring is 1. The number of nitrogens with zero attached hydrogens (tertiary/aromatic N) is 1. The molecular formula is C19H21FN2O. The van der Waals surface area contributed by atoms with Gasteiger partial charge >= 0.3 is 0 Å². The molecule has 1 saturated heterocycles. The zero-order valence-corrected chi connectivity index (χ0v) is 13.0. The number of hydrogen-bond donors (Lipinski definition) is 1. The maximum absolute atomic E-state index is 13.1. The minimum absolute atomic E-state index is 0.180. The highest BCUT2D eigenvalue weighted by atomic mass is 19.1. The van der Waals surface area contributed by atoms with Gasteiger partial charge in [-0.2, -0.15) is 0 Å². The van der Waals surface area contributed by atoms with Crippen LogP contribution >= 0.6 is 0 Å². The molecule has 2 aromatic carbocycles. The smallest absolute Gasteiger partial charge is 0.123 e. The number of anilines is 2. The van der Waals surface area contributed by atoms with E-state index in [1.54, 1.807) is 12.1 Å². The van der Waals surface area contributed by atoms with E-state index in [0.29, 0.717) is 12.0 Å². The van der Waals surface area contributed by atoms with Gasteiger partial charge in [0.25, 0.3) is 0 Å². The van der Waals surface area contributed by atoms with Crippen LogP contribution in [0.1, 0.15) is 19.3 Å². The van der Waals surface area contributed by atoms with Gasteiger partial charge in [0.15, 0.2) is 0 Å². The van der Waals surface area contributed by atoms with Crippen LogP contribution in [0.4, 0.5) is 15.8 Å². The van der Waals surface area contributed by atoms with Crippen LogP contribution in [-0.2, 0) is 0 Å². The molecule has 1 saturated carbocycles. The van der Waals surface area contributed by atoms with Crippen molar-refractivity contribution in [3.05, 3.63) is 54.3 Å². The second-order valence-corrected chi connectivity index (χ2v) is 6.58. The Morgan fingerprint density at radius 3 is 2.48 bits per heavy atom. The quantitative estimate of drug-likeness (QED) is 0.875. The average Bonchev–Trinajstić information content (AvgIpc) is 2.91. The molecular weight excluding hydrogens is 291 g/mol. The fourth-order valence-electron chi connectivity index (χ4n) is 3.91. The summed E-state index contributed by atoms with van der Waals surface area (Å²) in [5.41, 5.74) is 7.60. The van der Waals surface area contributed by atoms with E-state index in [1.165, 1.54) is 0 Å². The van der Waals surface area contributed by atoms with Crippen molar-refractivity contribution in [3.8, 4) is 5.75 Å². The van der Waals surface area contributed by atoms with Gasteiger partial charge in [0.2, 0.25) is 0 Å². The number of fused-ring (bicyclic) bond motifs is 2. The first kappa shape index (κ1) is 14.4. The first-order valence-corrected chi connectivity index (χ1v) is 8.23. The lowest BCUT2D eigenvalue weighted by Crippen LogP contribution is -2.31. The molecule has 1 aliphatic heterocycles. The maximum atomic E-state index is 13.1. The van der Waals surface area contributed by atoms with Crippen LogP contribution in [0.25, 0.3) is 0 Å². The molecule has 0 radical (unpaired) electrons. The van der Waals surface area contributed by atoms with Gasteiger partial charge < -0.3 is 15.4 Å². The summed E-state index contributed by atoms with van der Waals surface area (Å²) in [6, 6.07) is 15.0. The van der Waals surface area contributed by atoms with E-state index in [4.69, 9.17) is 10.5 Å². The minimum Gasteiger partial charge on any atom is -0.490 e. The van der Waals surface area contributed by atoms with Gasteiger partial charge in [-0.25, -0.2) is 4.39 Å². The van der Waals surface area contributed by atoms with E-state index in [2.05, 4.69) is 4.90 Å². The average molecular weight is 312 g/mol. The molecule has 4 heteroatoms. The Bertz CT molecular complexity index is 671. The van der Waals surface area contributed by atoms with Crippen LogP contribution in [0.3, 0.4) is 0 Å². The standard InChI is InChI=1S/C19H21FN2O/c20-14-1-5-16(6-2-14)22-12-13-11-17(22)7-10-19(13)23-18-8-3-15(21)4-9-18/h1-6,8-9,13,17,19H,7,10-12,21H2. The molecule has 0 amide bonds. The summed E-state index contributed by atoms with van der Waals surface area (Å²) in [5.74, 6) is 1.24. The highest BCUT2D eigenvalue weighted by molar-refractivity contribution is 5.49. The summed E-state index contributed by atoms with van der Waals surface area (Å²) in [6.45, 7) is 0.982. The molecule has 2 aliphatic rings. The molecule has 2 bridgehead atoms. The summed E-state index contributed by atoms with van der Waals surface area (Å²) >= 11 is 0. The summed E-state index contributed by atoms with van der Waals surface area (Å²) in [5, 5.41) is 0. The highest BCUT2D eigenvalue weighted by Crippen LogP contribution is 2.40. The number of nitrogens with two attached hydrogens (primary N) is 1. The molecule has 23 heavy (non-hydrogen) atoms. The van der Waals surface area contributed by atoms with Crippen LogP contribution in [0.2, 0.25) is 0 Å². The minimum atomic E-state index is -0.180. The van der Waals surface area contributed by atoms with Crippen molar-refractivity contribution in [3.63, 3.8) is 0 Å². The van der Waals surface area contributed by atoms with Crippen molar-refractivity contribution in [2.75, 3.05) is 17.2 Å². The largest absolute Gasteiger partial charge is 0.490 e. The van der Waals surface area contributed by atoms with Crippen LogP contribution in [0, 0.1) is 11.7 Å². The Morgan fingerprint density at radius 1 is 1.00 bits per heavy atom. The van der Waals surface area contributed by atoms with Crippen LogP contribution in [0.5, 0.6) is 5.75 Å². The number of halogens is 1. The van der Waals surface area contributed by atoms with Crippen molar-refractivity contribution >= 4 is 11.4 Å². The number of ether oxygens (including phenoxy) is 1. The number of benzene rings is 2. The molecule has 2 N–H and O–H groups in total. The predicted molar refractivity (Wildman–Crippen MR) is 90.1 cm³/mol. The van der Waals surface area contributed by atoms with Gasteiger partial charge in [0.1, 0.15) is 17.7 Å². The maximum Gasteiger partial charge on any atom is 0.123 e. The third-order valence-corrected chi connectivity index (χ3v) is 5.08. The van der Waals surface area contributed by atoms with E-state index in [-0.39, 0.29) is 11.9 Å². The summed E-state index contributed by atoms with van der Waals surface area (Å²) in [4.78, 5) is 2.41. The Kier molecular flexibility index (Phi) is 3.60. The third kappa shape index (κ3) is 2.85. The lowest BCUT2D eigenvalue weighted by Gasteiger charge is -2.29. The Hall–Kier alpha value is -2.23. The predicted octanol–water partition coefficient (Wildman–Crippen LogP) is 3.84. The van der Waals surface area contributed by atoms with E-state index in [9.17, 15) is 4.39 Å². The molecule has 0 aromatic heterocycles. The van der Waals surface area contributed by atoms with Crippen LogP contribution < -0.4 is 15.4 Å². The highest BCUT2D eigenvalue weighted by Gasteiger charge is 2.41. The molecule has 2 aromatic rings. The topological polar surface area (TPSA) is 38.5 Å². The molecule has 2 fully saturated rings. The van der Waals surface area contributed by atoms with Gasteiger partial charge in [-0.1, -0.05) is 0 Å². The Morgan fingerprint density at radius 2 is 1.74 bits per heavy atom. The van der Waals surface area contributed by atoms with Crippen molar-refractivity contribution in [1.29, 1.82) is 0 Å². The van der Waals surface area contributed by atoms with Crippen molar-refractivity contribution < 1.29 is 9.13 Å². The molecule has 3 nitrogen and oxygen atoms in total. The van der Waals surface area contributed by atoms with E-state index < -0.39 is 0 Å². The second-order valence-electron chi connectivity index (χ2n) is 6.58. The first-order chi connectivity index (χ1) is 11.2. The summed E-state index contributed by atoms with van der Waals surface area (Å²) in [7, 11) is 0. The van der Waals surface area contributed by atoms with Gasteiger partial charge in [0, 0.05) is 29.9 Å². The second kappa shape index (κ2) is 5.76. The van der Waals surface area contributed by atoms with Crippen LogP contribution in [-0.4, -0.2) is 18.7 Å². The summed E-state index contributed by atoms with van der Waals surface area (Å²) in [6.07, 6.45) is 3.59. The van der Waals surface area contributed by atoms with Crippen molar-refractivity contribution in [2.24, 2.45) is 5.92 Å². The lowest BCUT2D eigenvalue weighted by molar-refractivity contribution is 0.113. The monoisotopic (exact) mass is 312 g/mol. The van der Waals surface area contributed by atoms with Gasteiger partial charge in [0.05, 0.1) is 0 Å². The van der Waals surface area contributed by atoms with Gasteiger partial charge in [-0.05, 0) is 67.8 Å². The Balaban J connectivity index is 1.46. The molecule has 3 unspecified atom stereocenters. The van der Waals surface area contributed by atoms with E-state index in [0.717, 1.165) is 42.9 Å². The first-order valence-electron chi connectivity index (χ1n) is 8.23. The fourth-order valence-corrected chi connectivity index (χ4v) is 3.91. The lowest BCUT2D eigenvalue weighted by atomic mass is 9.87. The number of rotatable bonds is 3. The zero-order chi connectivity index (χ0) is 15.8. The Labute approximate surface area is 135 Å². The molecule has 1 heterocycles. The normalized spacial score (nSPS) is 26.3. The molecule has 3 atom stereocenters. The van der Waals surface area contributed by atoms with Crippen molar-refractivity contribution in [1.82, 2.24) is 0 Å².